The Labute approximate surface area is 146 Å². The van der Waals surface area contributed by atoms with Crippen LogP contribution in [-0.2, 0) is 6.42 Å². The summed E-state index contributed by atoms with van der Waals surface area (Å²) in [6.45, 7) is 5.94. The number of carbonyl (C=O) groups is 1. The number of thiazole rings is 1. The summed E-state index contributed by atoms with van der Waals surface area (Å²) in [6.07, 6.45) is 0.753. The number of aromatic nitrogens is 1. The molecule has 24 heavy (non-hydrogen) atoms. The predicted molar refractivity (Wildman–Crippen MR) is 100.0 cm³/mol. The maximum absolute atomic E-state index is 12.6. The van der Waals surface area contributed by atoms with Gasteiger partial charge in [0, 0.05) is 12.1 Å². The largest absolute Gasteiger partial charge is 0.321 e. The number of hydrogen-bond donors (Lipinski definition) is 1. The van der Waals surface area contributed by atoms with Crippen LogP contribution in [0, 0.1) is 20.8 Å². The Morgan fingerprint density at radius 2 is 1.83 bits per heavy atom. The van der Waals surface area contributed by atoms with Gasteiger partial charge in [0.25, 0.3) is 5.91 Å². The fourth-order valence-corrected chi connectivity index (χ4v) is 3.64. The van der Waals surface area contributed by atoms with Gasteiger partial charge < -0.3 is 5.32 Å². The molecule has 1 aromatic heterocycles. The third kappa shape index (κ3) is 3.71. The number of amides is 1. The third-order valence-electron chi connectivity index (χ3n) is 3.88. The predicted octanol–water partition coefficient (Wildman–Crippen LogP) is 4.91. The van der Waals surface area contributed by atoms with Crippen molar-refractivity contribution in [3.05, 3.63) is 80.8 Å². The zero-order chi connectivity index (χ0) is 17.1. The van der Waals surface area contributed by atoms with Crippen molar-refractivity contribution in [1.82, 2.24) is 4.98 Å². The van der Waals surface area contributed by atoms with Crippen molar-refractivity contribution < 1.29 is 4.79 Å². The fourth-order valence-electron chi connectivity index (χ4n) is 2.64. The van der Waals surface area contributed by atoms with Crippen molar-refractivity contribution in [3.8, 4) is 0 Å². The van der Waals surface area contributed by atoms with Crippen LogP contribution in [0.25, 0.3) is 0 Å². The van der Waals surface area contributed by atoms with Crippen molar-refractivity contribution >= 4 is 22.9 Å². The minimum Gasteiger partial charge on any atom is -0.321 e. The molecule has 2 aromatic carbocycles. The van der Waals surface area contributed by atoms with E-state index in [1.807, 2.05) is 51.1 Å². The second-order valence-electron chi connectivity index (χ2n) is 5.96. The second kappa shape index (κ2) is 6.97. The van der Waals surface area contributed by atoms with Crippen molar-refractivity contribution in [2.45, 2.75) is 27.2 Å². The summed E-state index contributed by atoms with van der Waals surface area (Å²) in [6, 6.07) is 16.2. The van der Waals surface area contributed by atoms with Gasteiger partial charge in [0.2, 0.25) is 0 Å². The highest BCUT2D eigenvalue weighted by Gasteiger charge is 2.16. The molecule has 0 fully saturated rings. The Balaban J connectivity index is 1.78. The maximum atomic E-state index is 12.6. The Kier molecular flexibility index (Phi) is 4.76. The van der Waals surface area contributed by atoms with Crippen LogP contribution in [0.3, 0.4) is 0 Å². The number of hydrogen-bond acceptors (Lipinski definition) is 3. The first-order chi connectivity index (χ1) is 11.5. The lowest BCUT2D eigenvalue weighted by molar-refractivity contribution is 0.102. The Morgan fingerprint density at radius 1 is 1.08 bits per heavy atom. The van der Waals surface area contributed by atoms with Gasteiger partial charge in [-0.05, 0) is 38.0 Å². The molecule has 0 aliphatic carbocycles. The van der Waals surface area contributed by atoms with Gasteiger partial charge in [-0.25, -0.2) is 4.98 Å². The standard InChI is InChI=1S/C20H20N2OS/c1-13-9-10-17(14(2)11-13)22-20(23)19-15(3)21-18(24-19)12-16-7-5-4-6-8-16/h4-11H,12H2,1-3H3,(H,22,23). The van der Waals surface area contributed by atoms with E-state index in [0.29, 0.717) is 4.88 Å². The van der Waals surface area contributed by atoms with Crippen molar-refractivity contribution in [3.63, 3.8) is 0 Å². The molecule has 0 unspecified atom stereocenters. The number of carbonyl (C=O) groups excluding carboxylic acids is 1. The summed E-state index contributed by atoms with van der Waals surface area (Å²) in [4.78, 5) is 17.8. The minimum atomic E-state index is -0.0868. The van der Waals surface area contributed by atoms with Crippen molar-refractivity contribution in [1.29, 1.82) is 0 Å². The summed E-state index contributed by atoms with van der Waals surface area (Å²) in [5.41, 5.74) is 5.09. The molecule has 1 amide bonds. The molecule has 0 aliphatic heterocycles. The molecule has 0 bridgehead atoms. The van der Waals surface area contributed by atoms with E-state index in [-0.39, 0.29) is 5.91 Å². The summed E-state index contributed by atoms with van der Waals surface area (Å²) >= 11 is 1.47. The molecule has 1 heterocycles. The molecule has 0 spiro atoms. The van der Waals surface area contributed by atoms with Crippen LogP contribution in [0.15, 0.2) is 48.5 Å². The number of nitrogens with one attached hydrogen (secondary N) is 1. The van der Waals surface area contributed by atoms with Gasteiger partial charge in [0.05, 0.1) is 10.7 Å². The molecule has 1 N–H and O–H groups in total. The lowest BCUT2D eigenvalue weighted by atomic mass is 10.1. The molecule has 0 saturated heterocycles. The Bertz CT molecular complexity index is 869. The Morgan fingerprint density at radius 3 is 2.54 bits per heavy atom. The van der Waals surface area contributed by atoms with E-state index in [0.717, 1.165) is 28.4 Å². The number of anilines is 1. The van der Waals surface area contributed by atoms with Crippen molar-refractivity contribution in [2.75, 3.05) is 5.32 Å². The van der Waals surface area contributed by atoms with Gasteiger partial charge in [-0.15, -0.1) is 11.3 Å². The van der Waals surface area contributed by atoms with Crippen LogP contribution in [0.4, 0.5) is 5.69 Å². The highest BCUT2D eigenvalue weighted by Crippen LogP contribution is 2.23. The third-order valence-corrected chi connectivity index (χ3v) is 5.03. The summed E-state index contributed by atoms with van der Waals surface area (Å²) in [5, 5.41) is 3.97. The zero-order valence-electron chi connectivity index (χ0n) is 14.1. The first kappa shape index (κ1) is 16.4. The second-order valence-corrected chi connectivity index (χ2v) is 7.04. The molecule has 0 aliphatic rings. The average molecular weight is 336 g/mol. The normalized spacial score (nSPS) is 10.6. The van der Waals surface area contributed by atoms with Gasteiger partial charge in [-0.1, -0.05) is 48.0 Å². The van der Waals surface area contributed by atoms with E-state index >= 15 is 0 Å². The Hall–Kier alpha value is -2.46. The number of nitrogens with zero attached hydrogens (tertiary/aromatic N) is 1. The van der Waals surface area contributed by atoms with E-state index in [1.165, 1.54) is 22.5 Å². The molecule has 3 nitrogen and oxygen atoms in total. The molecular formula is C20H20N2OS. The van der Waals surface area contributed by atoms with Crippen LogP contribution in [-0.4, -0.2) is 10.9 Å². The van der Waals surface area contributed by atoms with Gasteiger partial charge in [-0.3, -0.25) is 4.79 Å². The van der Waals surface area contributed by atoms with Crippen LogP contribution < -0.4 is 5.32 Å². The highest BCUT2D eigenvalue weighted by molar-refractivity contribution is 7.14. The highest BCUT2D eigenvalue weighted by atomic mass is 32.1. The van der Waals surface area contributed by atoms with Gasteiger partial charge >= 0.3 is 0 Å². The molecule has 0 saturated carbocycles. The van der Waals surface area contributed by atoms with Crippen molar-refractivity contribution in [2.24, 2.45) is 0 Å². The molecule has 3 rings (SSSR count). The van der Waals surface area contributed by atoms with Crippen LogP contribution >= 0.6 is 11.3 Å². The fraction of sp³-hybridized carbons (Fsp3) is 0.200. The van der Waals surface area contributed by atoms with E-state index in [9.17, 15) is 4.79 Å². The SMILES string of the molecule is Cc1ccc(NC(=O)c2sc(Cc3ccccc3)nc2C)c(C)c1. The summed E-state index contributed by atoms with van der Waals surface area (Å²) in [5.74, 6) is -0.0868. The molecule has 0 atom stereocenters. The van der Waals surface area contributed by atoms with Gasteiger partial charge in [0.1, 0.15) is 4.88 Å². The quantitative estimate of drug-likeness (QED) is 0.735. The zero-order valence-corrected chi connectivity index (χ0v) is 14.9. The summed E-state index contributed by atoms with van der Waals surface area (Å²) < 4.78 is 0. The number of aryl methyl sites for hydroxylation is 3. The topological polar surface area (TPSA) is 42.0 Å². The van der Waals surface area contributed by atoms with E-state index < -0.39 is 0 Å². The molecule has 4 heteroatoms. The van der Waals surface area contributed by atoms with Crippen LogP contribution in [0.5, 0.6) is 0 Å². The van der Waals surface area contributed by atoms with E-state index in [2.05, 4.69) is 28.5 Å². The van der Waals surface area contributed by atoms with Gasteiger partial charge in [0.15, 0.2) is 0 Å². The lowest BCUT2D eigenvalue weighted by Crippen LogP contribution is -2.12. The maximum Gasteiger partial charge on any atom is 0.267 e. The van der Waals surface area contributed by atoms with Crippen LogP contribution in [0.2, 0.25) is 0 Å². The van der Waals surface area contributed by atoms with Crippen LogP contribution in [0.1, 0.15) is 37.1 Å². The molecular weight excluding hydrogens is 316 g/mol. The summed E-state index contributed by atoms with van der Waals surface area (Å²) in [7, 11) is 0. The average Bonchev–Trinajstić information content (AvgIpc) is 2.91. The lowest BCUT2D eigenvalue weighted by Gasteiger charge is -2.08. The molecule has 0 radical (unpaired) electrons. The molecule has 3 aromatic rings. The van der Waals surface area contributed by atoms with E-state index in [1.54, 1.807) is 0 Å². The van der Waals surface area contributed by atoms with E-state index in [4.69, 9.17) is 0 Å². The number of rotatable bonds is 4. The van der Waals surface area contributed by atoms with Gasteiger partial charge in [-0.2, -0.15) is 0 Å². The number of benzene rings is 2. The first-order valence-electron chi connectivity index (χ1n) is 7.92. The smallest absolute Gasteiger partial charge is 0.267 e. The minimum absolute atomic E-state index is 0.0868. The monoisotopic (exact) mass is 336 g/mol. The first-order valence-corrected chi connectivity index (χ1v) is 8.73. The molecule has 122 valence electrons.